The van der Waals surface area contributed by atoms with Gasteiger partial charge in [0.1, 0.15) is 0 Å². The van der Waals surface area contributed by atoms with Crippen molar-refractivity contribution >= 4 is 5.91 Å². The van der Waals surface area contributed by atoms with Gasteiger partial charge in [-0.05, 0) is 37.8 Å². The molecular formula is C16H23NO. The van der Waals surface area contributed by atoms with Crippen molar-refractivity contribution in [2.75, 3.05) is 13.1 Å². The van der Waals surface area contributed by atoms with Crippen LogP contribution in [0.3, 0.4) is 0 Å². The maximum Gasteiger partial charge on any atom is 0.226 e. The van der Waals surface area contributed by atoms with Crippen molar-refractivity contribution in [2.45, 2.75) is 46.0 Å². The summed E-state index contributed by atoms with van der Waals surface area (Å²) in [4.78, 5) is 14.3. The van der Waals surface area contributed by atoms with Crippen molar-refractivity contribution in [1.82, 2.24) is 4.90 Å². The number of amides is 1. The zero-order chi connectivity index (χ0) is 13.0. The molecule has 1 saturated heterocycles. The first-order valence-electron chi connectivity index (χ1n) is 7.01. The molecule has 2 heteroatoms. The van der Waals surface area contributed by atoms with Crippen molar-refractivity contribution in [1.29, 1.82) is 0 Å². The summed E-state index contributed by atoms with van der Waals surface area (Å²) in [7, 11) is 0. The first-order valence-corrected chi connectivity index (χ1v) is 7.01. The Morgan fingerprint density at radius 1 is 1.11 bits per heavy atom. The number of likely N-dealkylation sites (tertiary alicyclic amines) is 1. The second kappa shape index (κ2) is 6.03. The van der Waals surface area contributed by atoms with Crippen LogP contribution < -0.4 is 0 Å². The molecule has 0 saturated carbocycles. The van der Waals surface area contributed by atoms with E-state index in [1.807, 2.05) is 4.90 Å². The van der Waals surface area contributed by atoms with Gasteiger partial charge in [0.05, 0.1) is 6.42 Å². The molecule has 0 spiro atoms. The molecule has 0 unspecified atom stereocenters. The summed E-state index contributed by atoms with van der Waals surface area (Å²) in [6, 6.07) is 6.35. The monoisotopic (exact) mass is 245 g/mol. The highest BCUT2D eigenvalue weighted by atomic mass is 16.2. The fourth-order valence-electron chi connectivity index (χ4n) is 2.64. The lowest BCUT2D eigenvalue weighted by Crippen LogP contribution is -2.33. The average Bonchev–Trinajstić information content (AvgIpc) is 2.61. The van der Waals surface area contributed by atoms with Gasteiger partial charge in [0.2, 0.25) is 5.91 Å². The Balaban J connectivity index is 2.01. The van der Waals surface area contributed by atoms with Crippen LogP contribution in [0.5, 0.6) is 0 Å². The van der Waals surface area contributed by atoms with Crippen LogP contribution in [0, 0.1) is 13.8 Å². The number of hydrogen-bond acceptors (Lipinski definition) is 1. The van der Waals surface area contributed by atoms with Crippen molar-refractivity contribution in [3.63, 3.8) is 0 Å². The largest absolute Gasteiger partial charge is 0.342 e. The Kier molecular flexibility index (Phi) is 4.40. The second-order valence-electron chi connectivity index (χ2n) is 5.40. The van der Waals surface area contributed by atoms with E-state index in [9.17, 15) is 4.79 Å². The number of nitrogens with zero attached hydrogens (tertiary/aromatic N) is 1. The third-order valence-electron chi connectivity index (χ3n) is 3.80. The van der Waals surface area contributed by atoms with Crippen LogP contribution >= 0.6 is 0 Å². The van der Waals surface area contributed by atoms with E-state index in [1.165, 1.54) is 42.4 Å². The van der Waals surface area contributed by atoms with E-state index in [1.54, 1.807) is 0 Å². The third-order valence-corrected chi connectivity index (χ3v) is 3.80. The van der Waals surface area contributed by atoms with E-state index in [-0.39, 0.29) is 0 Å². The minimum Gasteiger partial charge on any atom is -0.342 e. The van der Waals surface area contributed by atoms with E-state index in [0.29, 0.717) is 12.3 Å². The molecule has 1 aromatic carbocycles. The third kappa shape index (κ3) is 3.34. The molecule has 98 valence electrons. The van der Waals surface area contributed by atoms with E-state index in [4.69, 9.17) is 0 Å². The molecule has 0 atom stereocenters. The van der Waals surface area contributed by atoms with Crippen LogP contribution in [-0.2, 0) is 11.2 Å². The highest BCUT2D eigenvalue weighted by Crippen LogP contribution is 2.15. The first kappa shape index (κ1) is 13.1. The molecule has 1 heterocycles. The Morgan fingerprint density at radius 2 is 1.78 bits per heavy atom. The Bertz CT molecular complexity index is 417. The molecule has 1 aromatic rings. The topological polar surface area (TPSA) is 20.3 Å². The highest BCUT2D eigenvalue weighted by Gasteiger charge is 2.16. The number of carbonyl (C=O) groups is 1. The summed E-state index contributed by atoms with van der Waals surface area (Å²) in [5.41, 5.74) is 3.67. The molecule has 18 heavy (non-hydrogen) atoms. The minimum atomic E-state index is 0.295. The zero-order valence-electron chi connectivity index (χ0n) is 11.5. The lowest BCUT2D eigenvalue weighted by Gasteiger charge is -2.20. The number of rotatable bonds is 2. The van der Waals surface area contributed by atoms with Gasteiger partial charge < -0.3 is 4.90 Å². The quantitative estimate of drug-likeness (QED) is 0.783. The van der Waals surface area contributed by atoms with Crippen LogP contribution in [-0.4, -0.2) is 23.9 Å². The van der Waals surface area contributed by atoms with Crippen LogP contribution in [0.4, 0.5) is 0 Å². The fourth-order valence-corrected chi connectivity index (χ4v) is 2.64. The van der Waals surface area contributed by atoms with Gasteiger partial charge in [0.25, 0.3) is 0 Å². The van der Waals surface area contributed by atoms with Gasteiger partial charge in [0, 0.05) is 13.1 Å². The second-order valence-corrected chi connectivity index (χ2v) is 5.40. The highest BCUT2D eigenvalue weighted by molar-refractivity contribution is 5.79. The number of benzene rings is 1. The Hall–Kier alpha value is -1.31. The molecule has 2 rings (SSSR count). The lowest BCUT2D eigenvalue weighted by molar-refractivity contribution is -0.130. The molecule has 2 nitrogen and oxygen atoms in total. The molecule has 0 N–H and O–H groups in total. The van der Waals surface area contributed by atoms with Gasteiger partial charge >= 0.3 is 0 Å². The number of aryl methyl sites for hydroxylation is 2. The van der Waals surface area contributed by atoms with Crippen molar-refractivity contribution in [3.05, 3.63) is 34.9 Å². The number of carbonyl (C=O) groups excluding carboxylic acids is 1. The van der Waals surface area contributed by atoms with Crippen LogP contribution in [0.2, 0.25) is 0 Å². The van der Waals surface area contributed by atoms with Gasteiger partial charge in [0.15, 0.2) is 0 Å². The zero-order valence-corrected chi connectivity index (χ0v) is 11.5. The standard InChI is InChI=1S/C16H23NO/c1-13-7-8-15(14(2)11-13)12-16(18)17-9-5-3-4-6-10-17/h7-8,11H,3-6,9-10,12H2,1-2H3. The van der Waals surface area contributed by atoms with Gasteiger partial charge in [-0.1, -0.05) is 36.6 Å². The molecular weight excluding hydrogens is 222 g/mol. The normalized spacial score (nSPS) is 16.4. The summed E-state index contributed by atoms with van der Waals surface area (Å²) in [5.74, 6) is 0.295. The maximum atomic E-state index is 12.3. The average molecular weight is 245 g/mol. The smallest absolute Gasteiger partial charge is 0.226 e. The van der Waals surface area contributed by atoms with Crippen molar-refractivity contribution < 1.29 is 4.79 Å². The molecule has 1 amide bonds. The van der Waals surface area contributed by atoms with Crippen molar-refractivity contribution in [2.24, 2.45) is 0 Å². The van der Waals surface area contributed by atoms with Crippen LogP contribution in [0.15, 0.2) is 18.2 Å². The molecule has 0 radical (unpaired) electrons. The summed E-state index contributed by atoms with van der Waals surface area (Å²) >= 11 is 0. The maximum absolute atomic E-state index is 12.3. The van der Waals surface area contributed by atoms with E-state index < -0.39 is 0 Å². The van der Waals surface area contributed by atoms with Gasteiger partial charge in [-0.2, -0.15) is 0 Å². The molecule has 0 aromatic heterocycles. The minimum absolute atomic E-state index is 0.295. The predicted molar refractivity (Wildman–Crippen MR) is 74.7 cm³/mol. The molecule has 1 aliphatic rings. The lowest BCUT2D eigenvalue weighted by atomic mass is 10.0. The summed E-state index contributed by atoms with van der Waals surface area (Å²) in [5, 5.41) is 0. The number of hydrogen-bond donors (Lipinski definition) is 0. The van der Waals surface area contributed by atoms with Gasteiger partial charge in [-0.25, -0.2) is 0 Å². The Labute approximate surface area is 110 Å². The van der Waals surface area contributed by atoms with Crippen LogP contribution in [0.25, 0.3) is 0 Å². The van der Waals surface area contributed by atoms with E-state index in [0.717, 1.165) is 13.1 Å². The SMILES string of the molecule is Cc1ccc(CC(=O)N2CCCCCC2)c(C)c1. The van der Waals surface area contributed by atoms with Crippen molar-refractivity contribution in [3.8, 4) is 0 Å². The van der Waals surface area contributed by atoms with Gasteiger partial charge in [-0.15, -0.1) is 0 Å². The first-order chi connectivity index (χ1) is 8.66. The molecule has 0 bridgehead atoms. The van der Waals surface area contributed by atoms with Crippen LogP contribution in [0.1, 0.15) is 42.4 Å². The predicted octanol–water partition coefficient (Wildman–Crippen LogP) is 3.25. The Morgan fingerprint density at radius 3 is 2.39 bits per heavy atom. The fraction of sp³-hybridized carbons (Fsp3) is 0.562. The summed E-state index contributed by atoms with van der Waals surface area (Å²) in [6.07, 6.45) is 5.43. The molecule has 0 aliphatic carbocycles. The summed E-state index contributed by atoms with van der Waals surface area (Å²) in [6.45, 7) is 6.08. The van der Waals surface area contributed by atoms with Gasteiger partial charge in [-0.3, -0.25) is 4.79 Å². The molecule has 1 aliphatic heterocycles. The summed E-state index contributed by atoms with van der Waals surface area (Å²) < 4.78 is 0. The molecule has 1 fully saturated rings. The van der Waals surface area contributed by atoms with E-state index >= 15 is 0 Å². The van der Waals surface area contributed by atoms with E-state index in [2.05, 4.69) is 32.0 Å².